The third-order valence-electron chi connectivity index (χ3n) is 2.83. The van der Waals surface area contributed by atoms with E-state index in [4.69, 9.17) is 23.2 Å². The highest BCUT2D eigenvalue weighted by Crippen LogP contribution is 2.28. The lowest BCUT2D eigenvalue weighted by Crippen LogP contribution is -2.49. The van der Waals surface area contributed by atoms with Crippen LogP contribution in [0.4, 0.5) is 13.2 Å². The lowest BCUT2D eigenvalue weighted by Gasteiger charge is -2.22. The summed E-state index contributed by atoms with van der Waals surface area (Å²) in [5.41, 5.74) is 0.0868. The molecule has 1 aromatic rings. The van der Waals surface area contributed by atoms with Crippen LogP contribution in [0.15, 0.2) is 18.2 Å². The summed E-state index contributed by atoms with van der Waals surface area (Å²) in [6.45, 7) is -1.08. The molecule has 0 aliphatic heterocycles. The van der Waals surface area contributed by atoms with Crippen molar-refractivity contribution in [2.45, 2.75) is 18.1 Å². The van der Waals surface area contributed by atoms with Gasteiger partial charge in [0.1, 0.15) is 12.3 Å². The van der Waals surface area contributed by atoms with E-state index >= 15 is 0 Å². The molecule has 1 amide bonds. The molecule has 23 heavy (non-hydrogen) atoms. The fraction of sp³-hybridized carbons (Fsp3) is 0.333. The first-order chi connectivity index (χ1) is 10.6. The predicted octanol–water partition coefficient (Wildman–Crippen LogP) is 2.60. The van der Waals surface area contributed by atoms with Gasteiger partial charge in [-0.05, 0) is 17.7 Å². The number of nitrogens with zero attached hydrogens (tertiary/aromatic N) is 1. The smallest absolute Gasteiger partial charge is 0.338 e. The molecule has 6 nitrogen and oxygen atoms in total. The quantitative estimate of drug-likeness (QED) is 0.472. The Morgan fingerprint density at radius 1 is 1.35 bits per heavy atom. The van der Waals surface area contributed by atoms with Gasteiger partial charge in [-0.25, -0.2) is 0 Å². The molecule has 0 saturated heterocycles. The molecule has 0 spiro atoms. The van der Waals surface area contributed by atoms with Crippen molar-refractivity contribution in [2.75, 3.05) is 6.54 Å². The summed E-state index contributed by atoms with van der Waals surface area (Å²) in [6, 6.07) is 2.05. The van der Waals surface area contributed by atoms with E-state index in [1.165, 1.54) is 23.5 Å². The van der Waals surface area contributed by atoms with Gasteiger partial charge in [0.25, 0.3) is 0 Å². The molecule has 0 aromatic heterocycles. The fourth-order valence-electron chi connectivity index (χ4n) is 1.79. The molecule has 1 aromatic carbocycles. The van der Waals surface area contributed by atoms with Crippen LogP contribution < -0.4 is 5.32 Å². The first kappa shape index (κ1) is 19.2. The van der Waals surface area contributed by atoms with Crippen LogP contribution in [0.5, 0.6) is 0 Å². The highest BCUT2D eigenvalue weighted by atomic mass is 35.5. The van der Waals surface area contributed by atoms with E-state index in [0.717, 1.165) is 0 Å². The SMILES string of the molecule is O=C[C@@H](c1ccc(Cl)c(Cl)c1)[C@@H](C[N+](=O)[O-])NC(=O)C(F)(F)F. The summed E-state index contributed by atoms with van der Waals surface area (Å²) in [7, 11) is 0. The van der Waals surface area contributed by atoms with E-state index in [1.54, 1.807) is 0 Å². The number of halogens is 5. The maximum atomic E-state index is 12.3. The second-order valence-corrected chi connectivity index (χ2v) is 5.24. The Balaban J connectivity index is 3.15. The van der Waals surface area contributed by atoms with Crippen molar-refractivity contribution in [1.29, 1.82) is 0 Å². The fourth-order valence-corrected chi connectivity index (χ4v) is 2.09. The number of nitrogens with one attached hydrogen (secondary N) is 1. The zero-order valence-electron chi connectivity index (χ0n) is 11.1. The number of nitro groups is 1. The van der Waals surface area contributed by atoms with Crippen molar-refractivity contribution in [3.8, 4) is 0 Å². The number of hydrogen-bond acceptors (Lipinski definition) is 4. The summed E-state index contributed by atoms with van der Waals surface area (Å²) >= 11 is 11.4. The highest BCUT2D eigenvalue weighted by Gasteiger charge is 2.42. The number of amides is 1. The van der Waals surface area contributed by atoms with Crippen molar-refractivity contribution >= 4 is 35.4 Å². The largest absolute Gasteiger partial charge is 0.471 e. The van der Waals surface area contributed by atoms with Gasteiger partial charge in [0.2, 0.25) is 6.54 Å². The average Bonchev–Trinajstić information content (AvgIpc) is 2.41. The molecule has 0 bridgehead atoms. The summed E-state index contributed by atoms with van der Waals surface area (Å²) in [6.07, 6.45) is -5.04. The second-order valence-electron chi connectivity index (χ2n) is 4.43. The number of hydrogen-bond donors (Lipinski definition) is 1. The van der Waals surface area contributed by atoms with Crippen LogP contribution in [0.2, 0.25) is 10.0 Å². The molecule has 0 heterocycles. The summed E-state index contributed by atoms with van der Waals surface area (Å²) < 4.78 is 37.0. The van der Waals surface area contributed by atoms with Crippen LogP contribution in [-0.4, -0.2) is 35.9 Å². The van der Waals surface area contributed by atoms with Crippen LogP contribution in [0.1, 0.15) is 11.5 Å². The third-order valence-corrected chi connectivity index (χ3v) is 3.57. The van der Waals surface area contributed by atoms with Gasteiger partial charge in [-0.2, -0.15) is 13.2 Å². The van der Waals surface area contributed by atoms with Gasteiger partial charge in [-0.3, -0.25) is 14.9 Å². The molecular formula is C12H9Cl2F3N2O4. The minimum absolute atomic E-state index is 0.0121. The molecular weight excluding hydrogens is 364 g/mol. The number of alkyl halides is 3. The number of aldehydes is 1. The van der Waals surface area contributed by atoms with Crippen LogP contribution >= 0.6 is 23.2 Å². The summed E-state index contributed by atoms with van der Waals surface area (Å²) in [5.74, 6) is -3.78. The van der Waals surface area contributed by atoms with E-state index in [-0.39, 0.29) is 21.9 Å². The van der Waals surface area contributed by atoms with Crippen molar-refractivity contribution in [2.24, 2.45) is 0 Å². The van der Waals surface area contributed by atoms with Crippen LogP contribution in [-0.2, 0) is 9.59 Å². The van der Waals surface area contributed by atoms with Crippen molar-refractivity contribution in [1.82, 2.24) is 5.32 Å². The zero-order chi connectivity index (χ0) is 17.8. The van der Waals surface area contributed by atoms with Gasteiger partial charge in [0.05, 0.1) is 16.0 Å². The normalized spacial score (nSPS) is 14.0. The van der Waals surface area contributed by atoms with Gasteiger partial charge >= 0.3 is 12.1 Å². The summed E-state index contributed by atoms with van der Waals surface area (Å²) in [5, 5.41) is 12.2. The minimum atomic E-state index is -5.24. The van der Waals surface area contributed by atoms with E-state index in [9.17, 15) is 32.9 Å². The lowest BCUT2D eigenvalue weighted by atomic mass is 9.92. The van der Waals surface area contributed by atoms with Crippen molar-refractivity contribution in [3.63, 3.8) is 0 Å². The molecule has 0 aliphatic carbocycles. The number of benzene rings is 1. The Morgan fingerprint density at radius 3 is 2.39 bits per heavy atom. The van der Waals surface area contributed by atoms with Gasteiger partial charge in [0, 0.05) is 4.92 Å². The molecule has 2 atom stereocenters. The maximum absolute atomic E-state index is 12.3. The Hall–Kier alpha value is -1.87. The molecule has 1 N–H and O–H groups in total. The van der Waals surface area contributed by atoms with Gasteiger partial charge in [-0.1, -0.05) is 29.3 Å². The highest BCUT2D eigenvalue weighted by molar-refractivity contribution is 6.42. The monoisotopic (exact) mass is 372 g/mol. The zero-order valence-corrected chi connectivity index (χ0v) is 12.7. The predicted molar refractivity (Wildman–Crippen MR) is 75.1 cm³/mol. The molecule has 0 radical (unpaired) electrons. The molecule has 0 fully saturated rings. The van der Waals surface area contributed by atoms with Crippen molar-refractivity contribution < 1.29 is 27.7 Å². The first-order valence-corrected chi connectivity index (χ1v) is 6.71. The molecule has 1 rings (SSSR count). The molecule has 0 saturated carbocycles. The average molecular weight is 373 g/mol. The van der Waals surface area contributed by atoms with Gasteiger partial charge < -0.3 is 10.1 Å². The number of carbonyl (C=O) groups excluding carboxylic acids is 2. The van der Waals surface area contributed by atoms with Crippen LogP contribution in [0, 0.1) is 10.1 Å². The standard InChI is InChI=1S/C12H9Cl2F3N2O4/c13-8-2-1-6(3-9(8)14)7(5-20)10(4-19(22)23)18-11(21)12(15,16)17/h1-3,5,7,10H,4H2,(H,18,21)/t7-,10+/m0/s1. The molecule has 0 aliphatic rings. The first-order valence-electron chi connectivity index (χ1n) is 5.96. The van der Waals surface area contributed by atoms with Crippen LogP contribution in [0.3, 0.4) is 0 Å². The topological polar surface area (TPSA) is 89.3 Å². The van der Waals surface area contributed by atoms with E-state index in [2.05, 4.69) is 0 Å². The Bertz CT molecular complexity index is 625. The maximum Gasteiger partial charge on any atom is 0.471 e. The Labute approximate surface area is 137 Å². The second kappa shape index (κ2) is 7.60. The van der Waals surface area contributed by atoms with E-state index in [1.807, 2.05) is 0 Å². The Morgan fingerprint density at radius 2 is 1.96 bits per heavy atom. The number of carbonyl (C=O) groups is 2. The number of rotatable bonds is 6. The van der Waals surface area contributed by atoms with Gasteiger partial charge in [-0.15, -0.1) is 0 Å². The lowest BCUT2D eigenvalue weighted by molar-refractivity contribution is -0.483. The Kier molecular flexibility index (Phi) is 6.34. The summed E-state index contributed by atoms with van der Waals surface area (Å²) in [4.78, 5) is 31.9. The van der Waals surface area contributed by atoms with Gasteiger partial charge in [0.15, 0.2) is 0 Å². The van der Waals surface area contributed by atoms with Crippen molar-refractivity contribution in [3.05, 3.63) is 43.9 Å². The molecule has 126 valence electrons. The van der Waals surface area contributed by atoms with E-state index < -0.39 is 35.5 Å². The third kappa shape index (κ3) is 5.36. The minimum Gasteiger partial charge on any atom is -0.338 e. The molecule has 11 heteroatoms. The molecule has 0 unspecified atom stereocenters. The van der Waals surface area contributed by atoms with E-state index in [0.29, 0.717) is 0 Å². The van der Waals surface area contributed by atoms with Crippen LogP contribution in [0.25, 0.3) is 0 Å².